The van der Waals surface area contributed by atoms with E-state index in [1.54, 1.807) is 36.4 Å². The molecule has 0 spiro atoms. The van der Waals surface area contributed by atoms with Crippen LogP contribution in [-0.2, 0) is 20.2 Å². The molecule has 16 heteroatoms. The molecule has 0 aromatic heterocycles. The molecule has 2 N–H and O–H groups in total. The summed E-state index contributed by atoms with van der Waals surface area (Å²) in [5, 5.41) is 31.8. The van der Waals surface area contributed by atoms with E-state index in [4.69, 9.17) is 4.74 Å². The summed E-state index contributed by atoms with van der Waals surface area (Å²) in [5.74, 6) is -0.854. The Morgan fingerprint density at radius 1 is 0.825 bits per heavy atom. The molecule has 0 radical (unpaired) electrons. The molecule has 0 aliphatic rings. The first-order valence-corrected chi connectivity index (χ1v) is 13.4. The monoisotopic (exact) mass is 601 g/mol. The number of azo groups is 1. The molecule has 196 valence electrons. The molecule has 0 aliphatic heterocycles. The summed E-state index contributed by atoms with van der Waals surface area (Å²) < 4.78 is 72.3. The number of rotatable bonds is 7. The van der Waals surface area contributed by atoms with E-state index < -0.39 is 53.0 Å². The van der Waals surface area contributed by atoms with Crippen LogP contribution in [0, 0.1) is 0 Å². The van der Waals surface area contributed by atoms with Gasteiger partial charge in [0.25, 0.3) is 20.2 Å². The van der Waals surface area contributed by atoms with Crippen molar-refractivity contribution < 1.29 is 100 Å². The van der Waals surface area contributed by atoms with E-state index in [-0.39, 0.29) is 75.6 Å². The van der Waals surface area contributed by atoms with Crippen molar-refractivity contribution >= 4 is 54.0 Å². The van der Waals surface area contributed by atoms with Gasteiger partial charge in [-0.2, -0.15) is 21.9 Å². The summed E-state index contributed by atoms with van der Waals surface area (Å²) >= 11 is 0. The zero-order valence-corrected chi connectivity index (χ0v) is 27.0. The molecule has 4 aromatic rings. The van der Waals surface area contributed by atoms with E-state index in [9.17, 15) is 36.2 Å². The quantitative estimate of drug-likeness (QED) is 0.0793. The molecule has 4 aromatic carbocycles. The van der Waals surface area contributed by atoms with Crippen molar-refractivity contribution in [3.63, 3.8) is 0 Å². The van der Waals surface area contributed by atoms with Gasteiger partial charge in [-0.05, 0) is 72.8 Å². The molecule has 40 heavy (non-hydrogen) atoms. The van der Waals surface area contributed by atoms with Crippen LogP contribution in [0.5, 0.6) is 17.2 Å². The Hall–Kier alpha value is -2.37. The van der Waals surface area contributed by atoms with Gasteiger partial charge in [-0.15, -0.1) is 5.11 Å². The summed E-state index contributed by atoms with van der Waals surface area (Å²) in [6.07, 6.45) is 0. The van der Waals surface area contributed by atoms with Crippen molar-refractivity contribution in [3.8, 4) is 17.2 Å². The summed E-state index contributed by atoms with van der Waals surface area (Å²) in [4.78, 5) is 1.88. The molecular formula is C24H17N3Na2O9S2. The second-order valence-electron chi connectivity index (χ2n) is 7.78. The fourth-order valence-corrected chi connectivity index (χ4v) is 4.62. The van der Waals surface area contributed by atoms with E-state index in [0.29, 0.717) is 11.5 Å². The average molecular weight is 602 g/mol. The van der Waals surface area contributed by atoms with Crippen LogP contribution in [0.15, 0.2) is 97.8 Å². The number of hydrogen-bond acceptors (Lipinski definition) is 10. The minimum Gasteiger partial charge on any atom is -0.870 e. The molecule has 0 saturated carbocycles. The van der Waals surface area contributed by atoms with Crippen molar-refractivity contribution in [3.05, 3.63) is 72.8 Å². The molecule has 4 rings (SSSR count). The van der Waals surface area contributed by atoms with Gasteiger partial charge in [0.2, 0.25) is 0 Å². The van der Waals surface area contributed by atoms with Gasteiger partial charge < -0.3 is 14.9 Å². The van der Waals surface area contributed by atoms with Crippen LogP contribution < -0.4 is 74.1 Å². The molecule has 0 saturated heterocycles. The van der Waals surface area contributed by atoms with Crippen LogP contribution in [-0.4, -0.2) is 31.8 Å². The fourth-order valence-electron chi connectivity index (χ4n) is 3.43. The van der Waals surface area contributed by atoms with Crippen molar-refractivity contribution in [2.75, 3.05) is 0 Å². The third kappa shape index (κ3) is 8.10. The van der Waals surface area contributed by atoms with Crippen molar-refractivity contribution in [2.45, 2.75) is 16.7 Å². The molecule has 0 bridgehead atoms. The maximum Gasteiger partial charge on any atom is 1.00 e. The first kappa shape index (κ1) is 33.8. The number of benzene rings is 4. The maximum absolute atomic E-state index is 13.3. The van der Waals surface area contributed by atoms with Gasteiger partial charge in [-0.25, -0.2) is 0 Å². The predicted molar refractivity (Wildman–Crippen MR) is 133 cm³/mol. The van der Waals surface area contributed by atoms with E-state index in [1.165, 1.54) is 12.1 Å². The van der Waals surface area contributed by atoms with Crippen LogP contribution in [0.4, 0.5) is 17.1 Å². The summed E-state index contributed by atoms with van der Waals surface area (Å²) in [6, 6.07) is 17.4. The number of fused-ring (bicyclic) bond motifs is 1. The van der Waals surface area contributed by atoms with Crippen LogP contribution >= 0.6 is 0 Å². The largest absolute Gasteiger partial charge is 1.00 e. The minimum absolute atomic E-state index is 0. The summed E-state index contributed by atoms with van der Waals surface area (Å²) in [5.41, 5.74) is -1.06. The zero-order chi connectivity index (χ0) is 27.7. The second-order valence-corrected chi connectivity index (χ2v) is 10.6. The average Bonchev–Trinajstić information content (AvgIpc) is 2.83. The van der Waals surface area contributed by atoms with E-state index in [0.717, 1.165) is 25.1 Å². The third-order valence-electron chi connectivity index (χ3n) is 5.02. The number of para-hydroxylation sites is 1. The standard InChI is InChI=1S/C24H19N3O9S2.2Na/c1-14(28)25-20-13-19(37(30,31)32)11-15-12-21(38(33,34)35)23(24(29)22(15)20)27-26-16-7-9-18(10-8-16)36-17-5-3-2-4-6-17;;/h2-13,29H,1H3,(H,25,28)(H,30,31,32)(H,33,34,35);;/q;2*+1/p-2. The van der Waals surface area contributed by atoms with Crippen molar-refractivity contribution in [1.29, 1.82) is 0 Å². The van der Waals surface area contributed by atoms with Crippen LogP contribution in [0.2, 0.25) is 0 Å². The summed E-state index contributed by atoms with van der Waals surface area (Å²) in [7, 11) is -9.89. The van der Waals surface area contributed by atoms with Crippen LogP contribution in [0.25, 0.3) is 10.8 Å². The van der Waals surface area contributed by atoms with Crippen molar-refractivity contribution in [2.24, 2.45) is 15.2 Å². The second kappa shape index (κ2) is 13.5. The first-order valence-electron chi connectivity index (χ1n) is 10.6. The Morgan fingerprint density at radius 2 is 1.43 bits per heavy atom. The molecule has 0 amide bonds. The zero-order valence-electron chi connectivity index (χ0n) is 21.3. The first-order chi connectivity index (χ1) is 17.8. The minimum atomic E-state index is -5.06. The molecule has 0 aliphatic carbocycles. The van der Waals surface area contributed by atoms with Crippen LogP contribution in [0.3, 0.4) is 0 Å². The number of aliphatic imine (C=N–C) groups is 1. The molecule has 0 fully saturated rings. The topological polar surface area (TPSA) is 201 Å². The molecule has 0 heterocycles. The smallest absolute Gasteiger partial charge is 0.870 e. The van der Waals surface area contributed by atoms with E-state index >= 15 is 0 Å². The Balaban J connectivity index is 0.00000280. The number of ether oxygens (including phenoxy) is 1. The van der Waals surface area contributed by atoms with Gasteiger partial charge in [-0.3, -0.25) is 14.1 Å². The Bertz CT molecular complexity index is 1810. The van der Waals surface area contributed by atoms with Gasteiger partial charge in [0, 0.05) is 5.39 Å². The molecule has 0 atom stereocenters. The van der Waals surface area contributed by atoms with E-state index in [2.05, 4.69) is 15.2 Å². The van der Waals surface area contributed by atoms with Crippen molar-refractivity contribution in [1.82, 2.24) is 0 Å². The normalized spacial score (nSPS) is 12.1. The van der Waals surface area contributed by atoms with Gasteiger partial charge >= 0.3 is 59.1 Å². The van der Waals surface area contributed by atoms with Gasteiger partial charge in [0.15, 0.2) is 0 Å². The Morgan fingerprint density at radius 3 is 1.98 bits per heavy atom. The fraction of sp³-hybridized carbons (Fsp3) is 0.0417. The van der Waals surface area contributed by atoms with Gasteiger partial charge in [0.1, 0.15) is 16.4 Å². The number of hydrogen-bond donors (Lipinski definition) is 2. The third-order valence-corrected chi connectivity index (χ3v) is 6.72. The van der Waals surface area contributed by atoms with Gasteiger partial charge in [0.05, 0.1) is 22.0 Å². The maximum atomic E-state index is 13.3. The Labute approximate surface area is 273 Å². The van der Waals surface area contributed by atoms with Crippen LogP contribution in [0.1, 0.15) is 6.92 Å². The molecular weight excluding hydrogens is 584 g/mol. The summed E-state index contributed by atoms with van der Waals surface area (Å²) in [6.45, 7) is 1.04. The number of nitrogens with zero attached hydrogens (tertiary/aromatic N) is 3. The predicted octanol–water partition coefficient (Wildman–Crippen LogP) is -1.97. The van der Waals surface area contributed by atoms with E-state index in [1.807, 2.05) is 6.07 Å². The SMILES string of the molecule is CC([O-])=Nc1cc(S(=O)(=O)O)cc2cc(S(=O)(=O)O)c(N=Nc3ccc(Oc4ccccc4)cc3)c([O-])c12.[Na+].[Na+]. The molecule has 12 nitrogen and oxygen atoms in total. The molecule has 0 unspecified atom stereocenters. The van der Waals surface area contributed by atoms with Gasteiger partial charge in [-0.1, -0.05) is 23.9 Å². The Kier molecular flexibility index (Phi) is 11.4.